The summed E-state index contributed by atoms with van der Waals surface area (Å²) < 4.78 is 27.6. The van der Waals surface area contributed by atoms with Crippen molar-refractivity contribution in [3.63, 3.8) is 0 Å². The molecule has 0 spiro atoms. The first kappa shape index (κ1) is 38.2. The van der Waals surface area contributed by atoms with Crippen molar-refractivity contribution in [3.8, 4) is 0 Å². The topological polar surface area (TPSA) is 162 Å². The van der Waals surface area contributed by atoms with E-state index in [0.717, 1.165) is 34.7 Å². The summed E-state index contributed by atoms with van der Waals surface area (Å²) in [5, 5.41) is 12.2. The lowest BCUT2D eigenvalue weighted by Crippen LogP contribution is -2.49. The molecular formula is C38H44BN7O5S. The number of amides is 3. The van der Waals surface area contributed by atoms with E-state index in [9.17, 15) is 22.8 Å². The first-order valence-electron chi connectivity index (χ1n) is 17.3. The number of aromatic nitrogens is 2. The molecule has 2 radical (unpaired) electrons. The Morgan fingerprint density at radius 1 is 0.923 bits per heavy atom. The fraction of sp³-hybridized carbons (Fsp3) is 0.342. The molecule has 0 aliphatic heterocycles. The van der Waals surface area contributed by atoms with Gasteiger partial charge in [0.05, 0.1) is 30.6 Å². The minimum absolute atomic E-state index is 0.0652. The second-order valence-electron chi connectivity index (χ2n) is 13.3. The van der Waals surface area contributed by atoms with Crippen molar-refractivity contribution in [1.82, 2.24) is 31.2 Å². The summed E-state index contributed by atoms with van der Waals surface area (Å²) in [4.78, 5) is 49.1. The minimum atomic E-state index is -3.90. The first-order chi connectivity index (χ1) is 24.9. The van der Waals surface area contributed by atoms with Gasteiger partial charge in [-0.05, 0) is 80.1 Å². The predicted molar refractivity (Wildman–Crippen MR) is 202 cm³/mol. The number of nitrogens with zero attached hydrogens (tertiary/aromatic N) is 3. The molecule has 2 heterocycles. The zero-order valence-corrected chi connectivity index (χ0v) is 30.4. The van der Waals surface area contributed by atoms with Crippen molar-refractivity contribution in [2.24, 2.45) is 5.92 Å². The average molecular weight is 722 g/mol. The predicted octanol–water partition coefficient (Wildman–Crippen LogP) is 2.57. The number of anilines is 1. The molecule has 5 rings (SSSR count). The van der Waals surface area contributed by atoms with Crippen molar-refractivity contribution in [3.05, 3.63) is 119 Å². The SMILES string of the molecule is [B]c1ccc(CN(c2cc(C(=O)NC(C)c3cccnc3)cc(C(=O)N[C@H](CN[C@@H](C)C(=O)NCC3CC3)Cc3ccccn3)c2)S(C)(=O)=O)cc1. The molecule has 1 unspecified atom stereocenters. The molecular weight excluding hydrogens is 677 g/mol. The molecule has 0 bridgehead atoms. The van der Waals surface area contributed by atoms with Gasteiger partial charge in [-0.25, -0.2) is 8.42 Å². The second-order valence-corrected chi connectivity index (χ2v) is 15.2. The molecule has 0 saturated heterocycles. The smallest absolute Gasteiger partial charge is 0.251 e. The quantitative estimate of drug-likeness (QED) is 0.121. The number of sulfonamides is 1. The Morgan fingerprint density at radius 2 is 1.63 bits per heavy atom. The van der Waals surface area contributed by atoms with Crippen LogP contribution in [-0.2, 0) is 27.8 Å². The number of nitrogens with one attached hydrogen (secondary N) is 4. The summed E-state index contributed by atoms with van der Waals surface area (Å²) in [5.74, 6) is -0.629. The number of carbonyl (C=O) groups excluding carboxylic acids is 3. The van der Waals surface area contributed by atoms with Gasteiger partial charge in [0.25, 0.3) is 11.8 Å². The number of hydrogen-bond donors (Lipinski definition) is 4. The zero-order valence-electron chi connectivity index (χ0n) is 29.6. The average Bonchev–Trinajstić information content (AvgIpc) is 3.97. The lowest BCUT2D eigenvalue weighted by molar-refractivity contribution is -0.122. The Hall–Kier alpha value is -5.08. The van der Waals surface area contributed by atoms with Crippen LogP contribution >= 0.6 is 0 Å². The highest BCUT2D eigenvalue weighted by Crippen LogP contribution is 2.27. The van der Waals surface area contributed by atoms with E-state index in [1.54, 1.807) is 68.8 Å². The molecule has 1 fully saturated rings. The molecule has 270 valence electrons. The maximum atomic E-state index is 14.1. The molecule has 4 N–H and O–H groups in total. The number of rotatable bonds is 17. The van der Waals surface area contributed by atoms with Crippen molar-refractivity contribution in [1.29, 1.82) is 0 Å². The highest BCUT2D eigenvalue weighted by Gasteiger charge is 2.26. The van der Waals surface area contributed by atoms with Gasteiger partial charge in [-0.3, -0.25) is 28.7 Å². The Kier molecular flexibility index (Phi) is 12.8. The van der Waals surface area contributed by atoms with Crippen molar-refractivity contribution in [2.75, 3.05) is 23.7 Å². The number of carbonyl (C=O) groups is 3. The summed E-state index contributed by atoms with van der Waals surface area (Å²) in [6, 6.07) is 18.8. The maximum absolute atomic E-state index is 14.1. The van der Waals surface area contributed by atoms with E-state index in [1.807, 2.05) is 18.2 Å². The molecule has 12 nitrogen and oxygen atoms in total. The van der Waals surface area contributed by atoms with E-state index in [1.165, 1.54) is 18.2 Å². The Bertz CT molecular complexity index is 1950. The van der Waals surface area contributed by atoms with Crippen molar-refractivity contribution in [2.45, 2.75) is 57.8 Å². The van der Waals surface area contributed by atoms with Crippen LogP contribution in [0.1, 0.15) is 70.3 Å². The van der Waals surface area contributed by atoms with Gasteiger partial charge in [0.2, 0.25) is 15.9 Å². The van der Waals surface area contributed by atoms with E-state index >= 15 is 0 Å². The Labute approximate surface area is 306 Å². The highest BCUT2D eigenvalue weighted by molar-refractivity contribution is 7.92. The monoisotopic (exact) mass is 721 g/mol. The summed E-state index contributed by atoms with van der Waals surface area (Å²) in [7, 11) is 1.96. The lowest BCUT2D eigenvalue weighted by Gasteiger charge is -2.25. The molecule has 3 amide bonds. The van der Waals surface area contributed by atoms with Gasteiger partial charge in [-0.2, -0.15) is 0 Å². The van der Waals surface area contributed by atoms with E-state index < -0.39 is 40.0 Å². The molecule has 1 aliphatic rings. The van der Waals surface area contributed by atoms with Gasteiger partial charge in [0.15, 0.2) is 0 Å². The normalized spacial score (nSPS) is 14.4. The Balaban J connectivity index is 1.44. The maximum Gasteiger partial charge on any atom is 0.251 e. The van der Waals surface area contributed by atoms with Crippen LogP contribution in [0.3, 0.4) is 0 Å². The summed E-state index contributed by atoms with van der Waals surface area (Å²) in [6.45, 7) is 4.39. The number of benzene rings is 2. The molecule has 1 aliphatic carbocycles. The third kappa shape index (κ3) is 11.2. The second kappa shape index (κ2) is 17.4. The van der Waals surface area contributed by atoms with Crippen LogP contribution in [-0.4, -0.2) is 75.4 Å². The summed E-state index contributed by atoms with van der Waals surface area (Å²) in [5.41, 5.74) is 2.97. The summed E-state index contributed by atoms with van der Waals surface area (Å²) >= 11 is 0. The van der Waals surface area contributed by atoms with Gasteiger partial charge in [-0.1, -0.05) is 41.9 Å². The number of hydrogen-bond acceptors (Lipinski definition) is 8. The first-order valence-corrected chi connectivity index (χ1v) is 19.1. The molecule has 14 heteroatoms. The highest BCUT2D eigenvalue weighted by atomic mass is 32.2. The molecule has 1 saturated carbocycles. The van der Waals surface area contributed by atoms with Crippen LogP contribution in [0.5, 0.6) is 0 Å². The van der Waals surface area contributed by atoms with Crippen LogP contribution in [0, 0.1) is 5.92 Å². The standard InChI is InChI=1S/C38H44BN7O5S/c1-25(29-7-6-15-40-22-29)44-37(48)30-17-31(19-35(18-30)46(52(3,50)51)24-28-11-13-32(39)14-12-28)38(49)45-34(20-33-8-4-5-16-41-33)23-42-26(2)36(47)43-21-27-9-10-27/h4-8,11-19,22,25-27,34,42H,9-10,20-21,23-24H2,1-3H3,(H,43,47)(H,44,48)(H,45,49)/t25?,26-,34-/m0/s1. The van der Waals surface area contributed by atoms with E-state index in [4.69, 9.17) is 7.85 Å². The largest absolute Gasteiger partial charge is 0.354 e. The van der Waals surface area contributed by atoms with Gasteiger partial charge in [0, 0.05) is 61.0 Å². The van der Waals surface area contributed by atoms with Gasteiger partial charge in [-0.15, -0.1) is 0 Å². The van der Waals surface area contributed by atoms with Crippen LogP contribution in [0.2, 0.25) is 0 Å². The van der Waals surface area contributed by atoms with Gasteiger partial charge >= 0.3 is 0 Å². The van der Waals surface area contributed by atoms with Crippen molar-refractivity contribution < 1.29 is 22.8 Å². The molecule has 2 aromatic carbocycles. The van der Waals surface area contributed by atoms with Crippen LogP contribution in [0.15, 0.2) is 91.4 Å². The Morgan fingerprint density at radius 3 is 2.25 bits per heavy atom. The van der Waals surface area contributed by atoms with E-state index in [0.29, 0.717) is 29.9 Å². The van der Waals surface area contributed by atoms with Gasteiger partial charge in [0.1, 0.15) is 7.85 Å². The third-order valence-electron chi connectivity index (χ3n) is 8.81. The molecule has 3 atom stereocenters. The van der Waals surface area contributed by atoms with E-state index in [2.05, 4.69) is 31.2 Å². The summed E-state index contributed by atoms with van der Waals surface area (Å²) in [6.07, 6.45) is 8.60. The molecule has 52 heavy (non-hydrogen) atoms. The fourth-order valence-electron chi connectivity index (χ4n) is 5.55. The number of pyridine rings is 2. The van der Waals surface area contributed by atoms with Crippen molar-refractivity contribution >= 4 is 46.7 Å². The third-order valence-corrected chi connectivity index (χ3v) is 9.95. The van der Waals surface area contributed by atoms with Crippen LogP contribution < -0.4 is 31.0 Å². The minimum Gasteiger partial charge on any atom is -0.354 e. The fourth-order valence-corrected chi connectivity index (χ4v) is 6.42. The van der Waals surface area contributed by atoms with Gasteiger partial charge < -0.3 is 21.3 Å². The zero-order chi connectivity index (χ0) is 37.3. The van der Waals surface area contributed by atoms with Crippen LogP contribution in [0.4, 0.5) is 5.69 Å². The van der Waals surface area contributed by atoms with E-state index in [-0.39, 0.29) is 35.8 Å². The molecule has 4 aromatic rings. The lowest BCUT2D eigenvalue weighted by atomic mass is 9.95. The van der Waals surface area contributed by atoms with Crippen LogP contribution in [0.25, 0.3) is 0 Å². The molecule has 2 aromatic heterocycles.